The van der Waals surface area contributed by atoms with Crippen molar-refractivity contribution < 1.29 is 27.4 Å². The molecular weight excluding hydrogens is 432 g/mol. The molecule has 8 nitrogen and oxygen atoms in total. The number of morpholine rings is 1. The van der Waals surface area contributed by atoms with Gasteiger partial charge in [-0.1, -0.05) is 18.2 Å². The van der Waals surface area contributed by atoms with E-state index < -0.39 is 10.0 Å². The van der Waals surface area contributed by atoms with Crippen LogP contribution in [0.25, 0.3) is 0 Å². The van der Waals surface area contributed by atoms with Crippen LogP contribution < -0.4 is 14.8 Å². The molecule has 32 heavy (non-hydrogen) atoms. The van der Waals surface area contributed by atoms with E-state index in [9.17, 15) is 13.2 Å². The van der Waals surface area contributed by atoms with Crippen molar-refractivity contribution in [2.24, 2.45) is 0 Å². The van der Waals surface area contributed by atoms with Gasteiger partial charge in [-0.2, -0.15) is 4.31 Å². The Bertz CT molecular complexity index is 1030. The summed E-state index contributed by atoms with van der Waals surface area (Å²) in [5.74, 6) is 1.12. The van der Waals surface area contributed by atoms with Gasteiger partial charge >= 0.3 is 0 Å². The van der Waals surface area contributed by atoms with E-state index in [2.05, 4.69) is 5.32 Å². The molecule has 2 aromatic rings. The number of amides is 1. The average molecular weight is 463 g/mol. The second-order valence-corrected chi connectivity index (χ2v) is 9.46. The van der Waals surface area contributed by atoms with Crippen LogP contribution in [0.15, 0.2) is 47.4 Å². The van der Waals surface area contributed by atoms with Crippen LogP contribution >= 0.6 is 0 Å². The predicted molar refractivity (Wildman–Crippen MR) is 120 cm³/mol. The first-order valence-corrected chi connectivity index (χ1v) is 12.0. The SMILES string of the molecule is COc1ccc(S(=O)(=O)N2CCOCC2)cc1CCC(=O)N[C@@H](C)c1ccccc1OC. The van der Waals surface area contributed by atoms with Crippen LogP contribution in [0.4, 0.5) is 0 Å². The number of sulfonamides is 1. The molecule has 0 bridgehead atoms. The molecule has 0 saturated carbocycles. The van der Waals surface area contributed by atoms with E-state index in [-0.39, 0.29) is 23.3 Å². The highest BCUT2D eigenvalue weighted by Crippen LogP contribution is 2.27. The molecule has 2 aromatic carbocycles. The Labute approximate surface area is 189 Å². The molecule has 1 aliphatic rings. The predicted octanol–water partition coefficient (Wildman–Crippen LogP) is 2.53. The number of para-hydroxylation sites is 1. The van der Waals surface area contributed by atoms with Gasteiger partial charge in [-0.25, -0.2) is 8.42 Å². The maximum Gasteiger partial charge on any atom is 0.243 e. The van der Waals surface area contributed by atoms with E-state index in [0.29, 0.717) is 49.8 Å². The van der Waals surface area contributed by atoms with Crippen LogP contribution in [0.3, 0.4) is 0 Å². The van der Waals surface area contributed by atoms with Crippen LogP contribution in [-0.4, -0.2) is 59.2 Å². The standard InChI is InChI=1S/C23H30N2O6S/c1-17(20-6-4-5-7-22(20)30-3)24-23(26)11-8-18-16-19(9-10-21(18)29-2)32(27,28)25-12-14-31-15-13-25/h4-7,9-10,16-17H,8,11-15H2,1-3H3,(H,24,26)/t17-/m0/s1. The Morgan fingerprint density at radius 2 is 1.78 bits per heavy atom. The zero-order valence-corrected chi connectivity index (χ0v) is 19.5. The fourth-order valence-corrected chi connectivity index (χ4v) is 5.17. The summed E-state index contributed by atoms with van der Waals surface area (Å²) in [5, 5.41) is 2.98. The van der Waals surface area contributed by atoms with Crippen molar-refractivity contribution in [1.29, 1.82) is 0 Å². The Hall–Kier alpha value is -2.62. The van der Waals surface area contributed by atoms with Crippen molar-refractivity contribution in [2.75, 3.05) is 40.5 Å². The molecule has 0 radical (unpaired) electrons. The van der Waals surface area contributed by atoms with Gasteiger partial charge in [0.1, 0.15) is 11.5 Å². The zero-order chi connectivity index (χ0) is 23.1. The summed E-state index contributed by atoms with van der Waals surface area (Å²) in [6.45, 7) is 3.31. The lowest BCUT2D eigenvalue weighted by Gasteiger charge is -2.26. The normalized spacial score (nSPS) is 15.7. The van der Waals surface area contributed by atoms with E-state index in [4.69, 9.17) is 14.2 Å². The minimum Gasteiger partial charge on any atom is -0.496 e. The number of benzene rings is 2. The number of hydrogen-bond donors (Lipinski definition) is 1. The molecule has 1 heterocycles. The first kappa shape index (κ1) is 24.0. The van der Waals surface area contributed by atoms with Crippen LogP contribution in [0, 0.1) is 0 Å². The number of aryl methyl sites for hydroxylation is 1. The molecule has 0 unspecified atom stereocenters. The van der Waals surface area contributed by atoms with E-state index >= 15 is 0 Å². The lowest BCUT2D eigenvalue weighted by atomic mass is 10.1. The number of carbonyl (C=O) groups is 1. The minimum atomic E-state index is -3.63. The topological polar surface area (TPSA) is 94.2 Å². The molecule has 1 aliphatic heterocycles. The molecule has 174 valence electrons. The maximum absolute atomic E-state index is 13.0. The fraction of sp³-hybridized carbons (Fsp3) is 0.435. The Kier molecular flexibility index (Phi) is 8.11. The highest BCUT2D eigenvalue weighted by atomic mass is 32.2. The Morgan fingerprint density at radius 1 is 1.09 bits per heavy atom. The van der Waals surface area contributed by atoms with Crippen molar-refractivity contribution >= 4 is 15.9 Å². The average Bonchev–Trinajstić information content (AvgIpc) is 2.82. The summed E-state index contributed by atoms with van der Waals surface area (Å²) in [6.07, 6.45) is 0.539. The molecule has 1 fully saturated rings. The van der Waals surface area contributed by atoms with Crippen molar-refractivity contribution in [2.45, 2.75) is 30.7 Å². The lowest BCUT2D eigenvalue weighted by Crippen LogP contribution is -2.40. The number of carbonyl (C=O) groups excluding carboxylic acids is 1. The molecule has 9 heteroatoms. The van der Waals surface area contributed by atoms with Gasteiger partial charge in [-0.05, 0) is 43.2 Å². The highest BCUT2D eigenvalue weighted by molar-refractivity contribution is 7.89. The van der Waals surface area contributed by atoms with Gasteiger partial charge in [-0.15, -0.1) is 0 Å². The fourth-order valence-electron chi connectivity index (χ4n) is 3.71. The molecule has 0 spiro atoms. The van der Waals surface area contributed by atoms with E-state index in [0.717, 1.165) is 5.56 Å². The maximum atomic E-state index is 13.0. The van der Waals surface area contributed by atoms with E-state index in [1.807, 2.05) is 31.2 Å². The van der Waals surface area contributed by atoms with Crippen molar-refractivity contribution in [3.8, 4) is 11.5 Å². The first-order valence-electron chi connectivity index (χ1n) is 10.5. The lowest BCUT2D eigenvalue weighted by molar-refractivity contribution is -0.121. The zero-order valence-electron chi connectivity index (χ0n) is 18.7. The van der Waals surface area contributed by atoms with Gasteiger partial charge in [-0.3, -0.25) is 4.79 Å². The number of nitrogens with one attached hydrogen (secondary N) is 1. The van der Waals surface area contributed by atoms with Crippen molar-refractivity contribution in [1.82, 2.24) is 9.62 Å². The molecular formula is C23H30N2O6S. The summed E-state index contributed by atoms with van der Waals surface area (Å²) < 4.78 is 43.4. The largest absolute Gasteiger partial charge is 0.496 e. The van der Waals surface area contributed by atoms with Gasteiger partial charge in [0.05, 0.1) is 38.4 Å². The van der Waals surface area contributed by atoms with Gasteiger partial charge in [0.2, 0.25) is 15.9 Å². The smallest absolute Gasteiger partial charge is 0.243 e. The molecule has 0 aliphatic carbocycles. The van der Waals surface area contributed by atoms with E-state index in [1.54, 1.807) is 19.2 Å². The monoisotopic (exact) mass is 462 g/mol. The van der Waals surface area contributed by atoms with E-state index in [1.165, 1.54) is 17.5 Å². The number of rotatable bonds is 9. The highest BCUT2D eigenvalue weighted by Gasteiger charge is 2.27. The number of hydrogen-bond acceptors (Lipinski definition) is 6. The van der Waals surface area contributed by atoms with Gasteiger partial charge < -0.3 is 19.5 Å². The second kappa shape index (κ2) is 10.8. The van der Waals surface area contributed by atoms with Gasteiger partial charge in [0.25, 0.3) is 0 Å². The third-order valence-corrected chi connectivity index (χ3v) is 7.36. The van der Waals surface area contributed by atoms with Gasteiger partial charge in [0.15, 0.2) is 0 Å². The molecule has 1 N–H and O–H groups in total. The van der Waals surface area contributed by atoms with Crippen LogP contribution in [0.2, 0.25) is 0 Å². The summed E-state index contributed by atoms with van der Waals surface area (Å²) in [4.78, 5) is 12.8. The van der Waals surface area contributed by atoms with Crippen LogP contribution in [0.5, 0.6) is 11.5 Å². The molecule has 1 atom stereocenters. The number of nitrogens with zero attached hydrogens (tertiary/aromatic N) is 1. The molecule has 3 rings (SSSR count). The quantitative estimate of drug-likeness (QED) is 0.616. The number of ether oxygens (including phenoxy) is 3. The van der Waals surface area contributed by atoms with Crippen molar-refractivity contribution in [3.63, 3.8) is 0 Å². The summed E-state index contributed by atoms with van der Waals surface area (Å²) in [7, 11) is -0.506. The Morgan fingerprint density at radius 3 is 2.47 bits per heavy atom. The second-order valence-electron chi connectivity index (χ2n) is 7.52. The number of methoxy groups -OCH3 is 2. The van der Waals surface area contributed by atoms with Crippen LogP contribution in [0.1, 0.15) is 30.5 Å². The van der Waals surface area contributed by atoms with Crippen LogP contribution in [-0.2, 0) is 26.0 Å². The Balaban J connectivity index is 1.69. The summed E-state index contributed by atoms with van der Waals surface area (Å²) >= 11 is 0. The third kappa shape index (κ3) is 5.59. The van der Waals surface area contributed by atoms with Gasteiger partial charge in [0, 0.05) is 25.1 Å². The summed E-state index contributed by atoms with van der Waals surface area (Å²) in [5.41, 5.74) is 1.56. The molecule has 1 amide bonds. The van der Waals surface area contributed by atoms with Crippen molar-refractivity contribution in [3.05, 3.63) is 53.6 Å². The summed E-state index contributed by atoms with van der Waals surface area (Å²) in [6, 6.07) is 12.1. The molecule has 0 aromatic heterocycles. The molecule has 1 saturated heterocycles. The third-order valence-electron chi connectivity index (χ3n) is 5.46. The first-order chi connectivity index (χ1) is 15.4. The minimum absolute atomic E-state index is 0.146.